The number of carbonyl (C=O) groups excluding carboxylic acids is 7. The molecule has 1 unspecified atom stereocenters. The van der Waals surface area contributed by atoms with Crippen LogP contribution in [0.4, 0.5) is 16.3 Å². The Morgan fingerprint density at radius 1 is 0.571 bits per heavy atom. The first-order valence-electron chi connectivity index (χ1n) is 29.5. The number of benzene rings is 5. The number of methoxy groups -OCH3 is 4. The van der Waals surface area contributed by atoms with E-state index in [1.807, 2.05) is 30.3 Å². The maximum atomic E-state index is 13.0. The molecule has 1 aliphatic rings. The van der Waals surface area contributed by atoms with E-state index < -0.39 is 64.9 Å². The number of esters is 4. The lowest BCUT2D eigenvalue weighted by Crippen LogP contribution is -2.58. The van der Waals surface area contributed by atoms with E-state index >= 15 is 0 Å². The van der Waals surface area contributed by atoms with Gasteiger partial charge in [-0.2, -0.15) is 5.26 Å². The molecule has 4 amide bonds. The number of nitrogens with zero attached hydrogens (tertiary/aromatic N) is 5. The van der Waals surface area contributed by atoms with Crippen LogP contribution in [0.15, 0.2) is 159 Å². The van der Waals surface area contributed by atoms with Gasteiger partial charge in [0, 0.05) is 64.3 Å². The predicted molar refractivity (Wildman–Crippen MR) is 367 cm³/mol. The zero-order valence-electron chi connectivity index (χ0n) is 53.7. The standard InChI is InChI=1S/C25H20ClN5O3.C13H12Cl2N2O2.C13H13ClN2O3.C12H13ClO4.C5H8O4/c1-2-31-24(32)21(14-16-6-8-17(26)9-7-16)23(30-25(31)33)29-18-10-12-20(13-11-18)34-22-5-3-4-19(15-27)28-22;1-2-17-12(18)10(11(15)16-13(17)19)7-8-3-5-9(14)6-4-8;1-2-16-12(18)10(11(17)15-13(16)19)7-8-3-5-9(14)6-4-8;1-16-11(14)10(12(15)17-2)7-8-3-5-9(13)6-4-8;1-8-4(6)3-5(7)9-2/h3-13,29H,2,14H2,1H3,(H,30,33);3-6H,2,7H2,1H3,(H,16,19);3-6,10H,2,7H2,1H3,(H,15,17,19);3-6,10H,7H2,1-2H3;3H2,1-2H3. The second-order valence-electron chi connectivity index (χ2n) is 20.5. The molecular weight excluding hydrogens is 1380 g/mol. The average Bonchev–Trinajstić information content (AvgIpc) is 0.818. The van der Waals surface area contributed by atoms with E-state index in [0.29, 0.717) is 73.7 Å². The van der Waals surface area contributed by atoms with Gasteiger partial charge < -0.3 is 29.0 Å². The number of aromatic nitrogens is 5. The van der Waals surface area contributed by atoms with E-state index in [1.54, 1.807) is 136 Å². The summed E-state index contributed by atoms with van der Waals surface area (Å²) in [4.78, 5) is 138. The molecule has 8 aromatic rings. The summed E-state index contributed by atoms with van der Waals surface area (Å²) in [6, 6.07) is 41.3. The molecule has 3 aromatic heterocycles. The van der Waals surface area contributed by atoms with E-state index in [4.69, 9.17) is 68.0 Å². The highest BCUT2D eigenvalue weighted by Crippen LogP contribution is 2.26. The number of halogens is 5. The largest absolute Gasteiger partial charge is 0.469 e. The highest BCUT2D eigenvalue weighted by molar-refractivity contribution is 6.31. The number of aromatic amines is 2. The molecule has 0 saturated carbocycles. The number of nitrogens with one attached hydrogen (secondary N) is 4. The van der Waals surface area contributed by atoms with Crippen molar-refractivity contribution >= 4 is 111 Å². The molecule has 0 bridgehead atoms. The Hall–Kier alpha value is -10.4. The molecule has 514 valence electrons. The van der Waals surface area contributed by atoms with Gasteiger partial charge in [-0.3, -0.25) is 67.7 Å². The van der Waals surface area contributed by atoms with Gasteiger partial charge >= 0.3 is 41.3 Å². The number of amides is 4. The first kappa shape index (κ1) is 78.3. The minimum atomic E-state index is -0.939. The Labute approximate surface area is 586 Å². The lowest BCUT2D eigenvalue weighted by atomic mass is 9.95. The fourth-order valence-corrected chi connectivity index (χ4v) is 9.61. The van der Waals surface area contributed by atoms with E-state index in [9.17, 15) is 52.7 Å². The van der Waals surface area contributed by atoms with E-state index in [2.05, 4.69) is 44.5 Å². The topological polar surface area (TPSA) is 339 Å². The molecule has 9 rings (SSSR count). The number of pyridine rings is 1. The number of hydrogen-bond donors (Lipinski definition) is 4. The van der Waals surface area contributed by atoms with E-state index in [0.717, 1.165) is 36.3 Å². The summed E-state index contributed by atoms with van der Waals surface area (Å²) in [5.74, 6) is -4.03. The number of hydrogen-bond acceptors (Lipinski definition) is 19. The van der Waals surface area contributed by atoms with Crippen LogP contribution < -0.4 is 37.9 Å². The quantitative estimate of drug-likeness (QED) is 0.0253. The molecule has 1 atom stereocenters. The van der Waals surface area contributed by atoms with Crippen molar-refractivity contribution in [2.75, 3.05) is 40.3 Å². The number of urea groups is 1. The molecule has 1 saturated heterocycles. The number of carbonyl (C=O) groups is 7. The van der Waals surface area contributed by atoms with Crippen LogP contribution in [0, 0.1) is 23.2 Å². The van der Waals surface area contributed by atoms with Crippen molar-refractivity contribution in [3.63, 3.8) is 0 Å². The second-order valence-corrected chi connectivity index (χ2v) is 22.6. The molecule has 5 aromatic carbocycles. The summed E-state index contributed by atoms with van der Waals surface area (Å²) in [5, 5.41) is 16.8. The monoisotopic (exact) mass is 1440 g/mol. The first-order valence-corrected chi connectivity index (χ1v) is 31.4. The Morgan fingerprint density at radius 2 is 1.03 bits per heavy atom. The van der Waals surface area contributed by atoms with Crippen molar-refractivity contribution in [2.24, 2.45) is 11.8 Å². The van der Waals surface area contributed by atoms with Crippen LogP contribution in [0.3, 0.4) is 0 Å². The Kier molecular flexibility index (Phi) is 31.2. The number of rotatable bonds is 19. The van der Waals surface area contributed by atoms with Crippen LogP contribution in [0.25, 0.3) is 0 Å². The van der Waals surface area contributed by atoms with Crippen LogP contribution in [-0.4, -0.2) is 106 Å². The molecule has 1 fully saturated rings. The number of anilines is 2. The SMILES string of the molecule is CCN1C(=O)NC(=O)C(Cc2ccc(Cl)cc2)C1=O.CCn1c(=O)[nH]c(Cl)c(Cc2ccc(Cl)cc2)c1=O.CCn1c(=O)[nH]c(Nc2ccc(Oc3cccc(C#N)n3)cc2)c(Cc2ccc(Cl)cc2)c1=O.COC(=O)C(Cc1ccc(Cl)cc1)C(=O)OC.COC(=O)CC(=O)OC. The highest BCUT2D eigenvalue weighted by atomic mass is 35.5. The van der Waals surface area contributed by atoms with Crippen LogP contribution >= 0.6 is 58.0 Å². The predicted octanol–water partition coefficient (Wildman–Crippen LogP) is 10.2. The minimum Gasteiger partial charge on any atom is -0.469 e. The van der Waals surface area contributed by atoms with Gasteiger partial charge in [0.25, 0.3) is 11.1 Å². The Morgan fingerprint density at radius 3 is 1.49 bits per heavy atom. The van der Waals surface area contributed by atoms with E-state index in [1.165, 1.54) is 28.4 Å². The molecule has 0 radical (unpaired) electrons. The first-order chi connectivity index (χ1) is 46.8. The number of nitriles is 1. The average molecular weight is 1440 g/mol. The summed E-state index contributed by atoms with van der Waals surface area (Å²) < 4.78 is 25.5. The van der Waals surface area contributed by atoms with Gasteiger partial charge in [-0.05, 0) is 135 Å². The van der Waals surface area contributed by atoms with Crippen LogP contribution in [0.2, 0.25) is 25.2 Å². The summed E-state index contributed by atoms with van der Waals surface area (Å²) in [7, 11) is 4.90. The van der Waals surface area contributed by atoms with Gasteiger partial charge in [-0.1, -0.05) is 113 Å². The van der Waals surface area contributed by atoms with Crippen molar-refractivity contribution in [3.8, 4) is 17.7 Å². The fourth-order valence-electron chi connectivity index (χ4n) is 8.88. The molecule has 1 aliphatic heterocycles. The molecule has 4 heterocycles. The summed E-state index contributed by atoms with van der Waals surface area (Å²) in [6.07, 6.45) is 0.845. The van der Waals surface area contributed by atoms with Crippen molar-refractivity contribution in [3.05, 3.63) is 246 Å². The minimum absolute atomic E-state index is 0.0923. The maximum Gasteiger partial charge on any atom is 0.330 e. The maximum absolute atomic E-state index is 13.0. The fraction of sp³-hybridized carbons (Fsp3) is 0.250. The van der Waals surface area contributed by atoms with Gasteiger partial charge in [-0.25, -0.2) is 19.4 Å². The smallest absolute Gasteiger partial charge is 0.330 e. The molecule has 0 spiro atoms. The molecular formula is C68H66Cl5N9O16. The second kappa shape index (κ2) is 39.0. The number of imide groups is 2. The van der Waals surface area contributed by atoms with E-state index in [-0.39, 0.29) is 54.3 Å². The van der Waals surface area contributed by atoms with Crippen molar-refractivity contribution in [2.45, 2.75) is 66.0 Å². The summed E-state index contributed by atoms with van der Waals surface area (Å²) in [6.45, 7) is 5.97. The van der Waals surface area contributed by atoms with Gasteiger partial charge in [0.15, 0.2) is 5.92 Å². The zero-order chi connectivity index (χ0) is 72.2. The Balaban J connectivity index is 0.000000235. The molecule has 98 heavy (non-hydrogen) atoms. The van der Waals surface area contributed by atoms with Gasteiger partial charge in [0.1, 0.15) is 40.8 Å². The number of ether oxygens (including phenoxy) is 5. The summed E-state index contributed by atoms with van der Waals surface area (Å²) >= 11 is 29.3. The summed E-state index contributed by atoms with van der Waals surface area (Å²) in [5.41, 5.74) is 3.45. The van der Waals surface area contributed by atoms with Gasteiger partial charge in [-0.15, -0.1) is 0 Å². The number of H-pyrrole nitrogens is 2. The van der Waals surface area contributed by atoms with Crippen molar-refractivity contribution < 1.29 is 57.2 Å². The zero-order valence-corrected chi connectivity index (χ0v) is 57.5. The lowest BCUT2D eigenvalue weighted by Gasteiger charge is -2.29. The van der Waals surface area contributed by atoms with Crippen LogP contribution in [0.1, 0.15) is 66.3 Å². The molecule has 4 N–H and O–H groups in total. The third-order valence-corrected chi connectivity index (χ3v) is 15.3. The van der Waals surface area contributed by atoms with Crippen LogP contribution in [0.5, 0.6) is 11.6 Å². The van der Waals surface area contributed by atoms with Crippen LogP contribution in [-0.2, 0) is 86.5 Å². The third kappa shape index (κ3) is 23.5. The third-order valence-electron chi connectivity index (χ3n) is 14.0. The Bertz CT molecular complexity index is 4360. The highest BCUT2D eigenvalue weighted by Gasteiger charge is 2.39. The number of barbiturate groups is 1. The van der Waals surface area contributed by atoms with Crippen molar-refractivity contribution in [1.29, 1.82) is 5.26 Å². The molecule has 30 heteroatoms. The van der Waals surface area contributed by atoms with Gasteiger partial charge in [0.2, 0.25) is 17.7 Å². The normalized spacial score (nSPS) is 12.0. The molecule has 25 nitrogen and oxygen atoms in total. The lowest BCUT2D eigenvalue weighted by molar-refractivity contribution is -0.159. The molecule has 0 aliphatic carbocycles. The van der Waals surface area contributed by atoms with Crippen molar-refractivity contribution in [1.82, 2.24) is 34.3 Å². The van der Waals surface area contributed by atoms with Gasteiger partial charge in [0.05, 0.1) is 39.6 Å².